The van der Waals surface area contributed by atoms with Crippen molar-refractivity contribution in [2.45, 2.75) is 34.1 Å². The number of carbonyl (C=O) groups is 2. The number of halogens is 2. The van der Waals surface area contributed by atoms with E-state index in [1.807, 2.05) is 20.8 Å². The van der Waals surface area contributed by atoms with Crippen molar-refractivity contribution in [2.24, 2.45) is 0 Å². The van der Waals surface area contributed by atoms with E-state index in [9.17, 15) is 9.59 Å². The van der Waals surface area contributed by atoms with E-state index in [4.69, 9.17) is 27.9 Å². The van der Waals surface area contributed by atoms with Crippen LogP contribution in [0.5, 0.6) is 0 Å². The Morgan fingerprint density at radius 2 is 1.93 bits per heavy atom. The van der Waals surface area contributed by atoms with Gasteiger partial charge in [-0.25, -0.2) is 4.68 Å². The van der Waals surface area contributed by atoms with Crippen LogP contribution in [0.25, 0.3) is 5.69 Å². The Bertz CT molecular complexity index is 849. The fourth-order valence-electron chi connectivity index (χ4n) is 2.82. The topological polar surface area (TPSA) is 64.4 Å². The van der Waals surface area contributed by atoms with Crippen molar-refractivity contribution >= 4 is 35.1 Å². The molecule has 0 fully saturated rings. The quantitative estimate of drug-likeness (QED) is 0.650. The van der Waals surface area contributed by atoms with Crippen LogP contribution in [0.3, 0.4) is 0 Å². The smallest absolute Gasteiger partial charge is 0.325 e. The van der Waals surface area contributed by atoms with E-state index in [1.165, 1.54) is 4.90 Å². The van der Waals surface area contributed by atoms with E-state index < -0.39 is 5.97 Å². The molecule has 1 heterocycles. The summed E-state index contributed by atoms with van der Waals surface area (Å²) in [4.78, 5) is 25.9. The highest BCUT2D eigenvalue weighted by atomic mass is 35.5. The predicted molar refractivity (Wildman–Crippen MR) is 106 cm³/mol. The van der Waals surface area contributed by atoms with Crippen LogP contribution in [0.15, 0.2) is 18.2 Å². The molecule has 1 amide bonds. The first-order valence-electron chi connectivity index (χ1n) is 8.72. The zero-order valence-electron chi connectivity index (χ0n) is 15.9. The highest BCUT2D eigenvalue weighted by Gasteiger charge is 2.21. The van der Waals surface area contributed by atoms with Gasteiger partial charge in [0, 0.05) is 22.8 Å². The maximum absolute atomic E-state index is 12.7. The number of hydrogen-bond acceptors (Lipinski definition) is 4. The molecular formula is C19H23Cl2N3O3. The van der Waals surface area contributed by atoms with Gasteiger partial charge in [-0.3, -0.25) is 9.59 Å². The van der Waals surface area contributed by atoms with Gasteiger partial charge in [0.15, 0.2) is 0 Å². The molecule has 2 aromatic rings. The van der Waals surface area contributed by atoms with E-state index in [0.29, 0.717) is 22.3 Å². The first-order valence-corrected chi connectivity index (χ1v) is 9.47. The highest BCUT2D eigenvalue weighted by molar-refractivity contribution is 6.35. The van der Waals surface area contributed by atoms with Crippen LogP contribution in [0, 0.1) is 13.8 Å². The Kier molecular flexibility index (Phi) is 7.27. The third-order valence-corrected chi connectivity index (χ3v) is 4.80. The first kappa shape index (κ1) is 21.3. The molecular weight excluding hydrogens is 389 g/mol. The van der Waals surface area contributed by atoms with Crippen LogP contribution in [0.1, 0.15) is 30.8 Å². The van der Waals surface area contributed by atoms with Gasteiger partial charge < -0.3 is 9.64 Å². The minimum atomic E-state index is -0.412. The normalized spacial score (nSPS) is 10.7. The number of nitrogens with zero attached hydrogens (tertiary/aromatic N) is 3. The highest BCUT2D eigenvalue weighted by Crippen LogP contribution is 2.27. The third-order valence-electron chi connectivity index (χ3n) is 4.27. The average Bonchev–Trinajstić information content (AvgIpc) is 2.88. The zero-order chi connectivity index (χ0) is 20.1. The van der Waals surface area contributed by atoms with Crippen molar-refractivity contribution in [3.63, 3.8) is 0 Å². The Balaban J connectivity index is 2.25. The predicted octanol–water partition coefficient (Wildman–Crippen LogP) is 3.75. The molecule has 1 aromatic carbocycles. The molecule has 0 saturated carbocycles. The maximum atomic E-state index is 12.7. The summed E-state index contributed by atoms with van der Waals surface area (Å²) in [6.07, 6.45) is 0.149. The minimum absolute atomic E-state index is 0.0571. The number of amides is 1. The summed E-state index contributed by atoms with van der Waals surface area (Å²) in [5, 5.41) is 5.54. The lowest BCUT2D eigenvalue weighted by molar-refractivity contribution is -0.148. The van der Waals surface area contributed by atoms with Crippen molar-refractivity contribution in [1.82, 2.24) is 14.7 Å². The number of carbonyl (C=O) groups excluding carboxylic acids is 2. The summed E-state index contributed by atoms with van der Waals surface area (Å²) >= 11 is 12.3. The zero-order valence-corrected chi connectivity index (χ0v) is 17.4. The Labute approximate surface area is 169 Å². The fraction of sp³-hybridized carbons (Fsp3) is 0.421. The molecule has 0 aliphatic heterocycles. The van der Waals surface area contributed by atoms with Gasteiger partial charge >= 0.3 is 5.97 Å². The number of aryl methyl sites for hydroxylation is 1. The summed E-state index contributed by atoms with van der Waals surface area (Å²) in [7, 11) is 0. The van der Waals surface area contributed by atoms with Crippen molar-refractivity contribution in [3.05, 3.63) is 45.2 Å². The van der Waals surface area contributed by atoms with E-state index in [2.05, 4.69) is 5.10 Å². The molecule has 0 radical (unpaired) electrons. The molecule has 0 N–H and O–H groups in total. The van der Waals surface area contributed by atoms with Gasteiger partial charge in [-0.15, -0.1) is 0 Å². The molecule has 6 nitrogen and oxygen atoms in total. The van der Waals surface area contributed by atoms with Crippen LogP contribution < -0.4 is 0 Å². The van der Waals surface area contributed by atoms with Gasteiger partial charge in [-0.05, 0) is 45.9 Å². The van der Waals surface area contributed by atoms with Gasteiger partial charge in [0.05, 0.1) is 29.4 Å². The van der Waals surface area contributed by atoms with Crippen molar-refractivity contribution in [3.8, 4) is 5.69 Å². The van der Waals surface area contributed by atoms with Gasteiger partial charge in [0.2, 0.25) is 5.91 Å². The SMILES string of the molecule is CCOC(=O)CN(CC)C(=O)Cc1c(C)nn(-c2ccc(Cl)cc2Cl)c1C. The molecule has 27 heavy (non-hydrogen) atoms. The van der Waals surface area contributed by atoms with E-state index >= 15 is 0 Å². The molecule has 0 saturated heterocycles. The molecule has 1 aromatic heterocycles. The molecule has 0 aliphatic rings. The van der Waals surface area contributed by atoms with Crippen LogP contribution in [-0.2, 0) is 20.7 Å². The standard InChI is InChI=1S/C19H23Cl2N3O3/c1-5-23(11-19(26)27-6-2)18(25)10-15-12(3)22-24(13(15)4)17-8-7-14(20)9-16(17)21/h7-9H,5-6,10-11H2,1-4H3. The molecule has 8 heteroatoms. The molecule has 0 aliphatic carbocycles. The summed E-state index contributed by atoms with van der Waals surface area (Å²) in [6.45, 7) is 7.95. The number of benzene rings is 1. The summed E-state index contributed by atoms with van der Waals surface area (Å²) < 4.78 is 6.64. The second-order valence-corrected chi connectivity index (χ2v) is 6.89. The largest absolute Gasteiger partial charge is 0.465 e. The van der Waals surface area contributed by atoms with Gasteiger partial charge in [0.1, 0.15) is 6.54 Å². The van der Waals surface area contributed by atoms with Crippen LogP contribution in [0.2, 0.25) is 10.0 Å². The number of rotatable bonds is 7. The number of ether oxygens (including phenoxy) is 1. The monoisotopic (exact) mass is 411 g/mol. The summed E-state index contributed by atoms with van der Waals surface area (Å²) in [6, 6.07) is 5.18. The minimum Gasteiger partial charge on any atom is -0.465 e. The number of esters is 1. The summed E-state index contributed by atoms with van der Waals surface area (Å²) in [5.74, 6) is -0.566. The number of aromatic nitrogens is 2. The molecule has 0 unspecified atom stereocenters. The van der Waals surface area contributed by atoms with Crippen LogP contribution >= 0.6 is 23.2 Å². The van der Waals surface area contributed by atoms with Crippen LogP contribution in [0.4, 0.5) is 0 Å². The van der Waals surface area contributed by atoms with Crippen molar-refractivity contribution < 1.29 is 14.3 Å². The lowest BCUT2D eigenvalue weighted by atomic mass is 10.1. The molecule has 0 atom stereocenters. The Hall–Kier alpha value is -2.05. The van der Waals surface area contributed by atoms with E-state index in [0.717, 1.165) is 17.0 Å². The lowest BCUT2D eigenvalue weighted by Crippen LogP contribution is -2.37. The first-order chi connectivity index (χ1) is 12.8. The molecule has 2 rings (SSSR count). The molecule has 0 spiro atoms. The third kappa shape index (κ3) is 5.02. The fourth-order valence-corrected chi connectivity index (χ4v) is 3.31. The van der Waals surface area contributed by atoms with Gasteiger partial charge in [0.25, 0.3) is 0 Å². The Morgan fingerprint density at radius 3 is 2.52 bits per heavy atom. The number of likely N-dealkylation sites (N-methyl/N-ethyl adjacent to an activating group) is 1. The van der Waals surface area contributed by atoms with Crippen LogP contribution in [-0.4, -0.2) is 46.3 Å². The Morgan fingerprint density at radius 1 is 1.22 bits per heavy atom. The second kappa shape index (κ2) is 9.24. The number of hydrogen-bond donors (Lipinski definition) is 0. The van der Waals surface area contributed by atoms with Crippen molar-refractivity contribution in [1.29, 1.82) is 0 Å². The van der Waals surface area contributed by atoms with Gasteiger partial charge in [-0.1, -0.05) is 23.2 Å². The second-order valence-electron chi connectivity index (χ2n) is 6.05. The van der Waals surface area contributed by atoms with Crippen molar-refractivity contribution in [2.75, 3.05) is 19.7 Å². The molecule has 146 valence electrons. The summed E-state index contributed by atoms with van der Waals surface area (Å²) in [5.41, 5.74) is 3.06. The van der Waals surface area contributed by atoms with Gasteiger partial charge in [-0.2, -0.15) is 5.10 Å². The average molecular weight is 412 g/mol. The molecule has 0 bridgehead atoms. The maximum Gasteiger partial charge on any atom is 0.325 e. The lowest BCUT2D eigenvalue weighted by Gasteiger charge is -2.20. The van der Waals surface area contributed by atoms with E-state index in [1.54, 1.807) is 29.8 Å². The van der Waals surface area contributed by atoms with E-state index in [-0.39, 0.29) is 25.5 Å².